The van der Waals surface area contributed by atoms with Gasteiger partial charge in [0, 0.05) is 25.1 Å². The number of nitrogens with zero attached hydrogens (tertiary/aromatic N) is 4. The Morgan fingerprint density at radius 1 is 1.45 bits per heavy atom. The third kappa shape index (κ3) is 3.01. The highest BCUT2D eigenvalue weighted by atomic mass is 16.5. The number of amides is 1. The maximum atomic E-state index is 12.2. The molecule has 1 aliphatic rings. The summed E-state index contributed by atoms with van der Waals surface area (Å²) >= 11 is 0. The predicted molar refractivity (Wildman–Crippen MR) is 79.3 cm³/mol. The van der Waals surface area contributed by atoms with Gasteiger partial charge in [-0.2, -0.15) is 0 Å². The molecule has 0 fully saturated rings. The van der Waals surface area contributed by atoms with Crippen LogP contribution in [-0.2, 0) is 17.8 Å². The quantitative estimate of drug-likeness (QED) is 0.867. The van der Waals surface area contributed by atoms with E-state index in [9.17, 15) is 4.79 Å². The lowest BCUT2D eigenvalue weighted by molar-refractivity contribution is -0.118. The molecular formula is C14H20N6O2. The van der Waals surface area contributed by atoms with Gasteiger partial charge in [0.2, 0.25) is 5.91 Å². The number of anilines is 1. The average molecular weight is 304 g/mol. The second-order valence-corrected chi connectivity index (χ2v) is 5.71. The summed E-state index contributed by atoms with van der Waals surface area (Å²) in [4.78, 5) is 12.2. The van der Waals surface area contributed by atoms with E-state index >= 15 is 0 Å². The van der Waals surface area contributed by atoms with E-state index in [2.05, 4.69) is 30.6 Å². The third-order valence-corrected chi connectivity index (χ3v) is 3.89. The maximum Gasteiger partial charge on any atom is 0.242 e. The summed E-state index contributed by atoms with van der Waals surface area (Å²) in [5.41, 5.74) is 0. The molecule has 3 rings (SSSR count). The normalized spacial score (nSPS) is 18.8. The minimum Gasteiger partial charge on any atom is -0.360 e. The van der Waals surface area contributed by atoms with E-state index < -0.39 is 0 Å². The van der Waals surface area contributed by atoms with Gasteiger partial charge in [0.25, 0.3) is 0 Å². The van der Waals surface area contributed by atoms with Crippen LogP contribution < -0.4 is 10.6 Å². The topological polar surface area (TPSA) is 97.9 Å². The molecule has 0 spiro atoms. The highest BCUT2D eigenvalue weighted by molar-refractivity contribution is 5.93. The highest BCUT2D eigenvalue weighted by Crippen LogP contribution is 2.15. The van der Waals surface area contributed by atoms with Crippen LogP contribution in [0.3, 0.4) is 0 Å². The molecule has 1 aliphatic heterocycles. The Hall–Kier alpha value is -2.22. The average Bonchev–Trinajstić information content (AvgIpc) is 3.06. The van der Waals surface area contributed by atoms with Crippen LogP contribution in [0.25, 0.3) is 0 Å². The molecule has 22 heavy (non-hydrogen) atoms. The van der Waals surface area contributed by atoms with Gasteiger partial charge in [-0.25, -0.2) is 0 Å². The molecule has 8 nitrogen and oxygen atoms in total. The molecular weight excluding hydrogens is 284 g/mol. The largest absolute Gasteiger partial charge is 0.360 e. The van der Waals surface area contributed by atoms with Gasteiger partial charge >= 0.3 is 0 Å². The molecule has 0 aromatic carbocycles. The van der Waals surface area contributed by atoms with Crippen molar-refractivity contribution < 1.29 is 9.32 Å². The Kier molecular flexibility index (Phi) is 3.93. The highest BCUT2D eigenvalue weighted by Gasteiger charge is 2.24. The third-order valence-electron chi connectivity index (χ3n) is 3.89. The van der Waals surface area contributed by atoms with E-state index in [0.29, 0.717) is 11.6 Å². The van der Waals surface area contributed by atoms with Crippen molar-refractivity contribution in [2.24, 2.45) is 0 Å². The lowest BCUT2D eigenvalue weighted by Crippen LogP contribution is -2.47. The zero-order valence-electron chi connectivity index (χ0n) is 13.0. The van der Waals surface area contributed by atoms with Crippen molar-refractivity contribution in [3.63, 3.8) is 0 Å². The summed E-state index contributed by atoms with van der Waals surface area (Å²) in [6.07, 6.45) is 1.81. The first kappa shape index (κ1) is 14.7. The minimum absolute atomic E-state index is 0.125. The molecule has 1 amide bonds. The Labute approximate surface area is 128 Å². The fourth-order valence-corrected chi connectivity index (χ4v) is 2.69. The fourth-order valence-electron chi connectivity index (χ4n) is 2.69. The van der Waals surface area contributed by atoms with Gasteiger partial charge < -0.3 is 19.7 Å². The van der Waals surface area contributed by atoms with E-state index in [1.165, 1.54) is 0 Å². The summed E-state index contributed by atoms with van der Waals surface area (Å²) in [6, 6.07) is 1.60. The van der Waals surface area contributed by atoms with E-state index in [4.69, 9.17) is 4.52 Å². The van der Waals surface area contributed by atoms with Gasteiger partial charge in [-0.05, 0) is 27.2 Å². The van der Waals surface area contributed by atoms with Gasteiger partial charge in [-0.1, -0.05) is 5.16 Å². The first-order valence-electron chi connectivity index (χ1n) is 7.42. The van der Waals surface area contributed by atoms with Crippen molar-refractivity contribution in [1.29, 1.82) is 0 Å². The number of aromatic nitrogens is 4. The molecule has 2 aromatic heterocycles. The molecule has 3 heterocycles. The van der Waals surface area contributed by atoms with E-state index in [1.807, 2.05) is 13.8 Å². The van der Waals surface area contributed by atoms with Gasteiger partial charge in [0.05, 0.1) is 6.04 Å². The first-order valence-corrected chi connectivity index (χ1v) is 7.42. The Morgan fingerprint density at radius 2 is 2.27 bits per heavy atom. The second-order valence-electron chi connectivity index (χ2n) is 5.71. The van der Waals surface area contributed by atoms with Crippen LogP contribution in [0.5, 0.6) is 0 Å². The van der Waals surface area contributed by atoms with E-state index in [1.54, 1.807) is 13.0 Å². The van der Waals surface area contributed by atoms with E-state index in [-0.39, 0.29) is 18.0 Å². The number of fused-ring (bicyclic) bond motifs is 1. The number of carbonyl (C=O) groups is 1. The lowest BCUT2D eigenvalue weighted by Gasteiger charge is -2.27. The molecule has 0 radical (unpaired) electrons. The molecule has 2 aromatic rings. The molecule has 0 saturated carbocycles. The molecule has 8 heteroatoms. The van der Waals surface area contributed by atoms with Crippen molar-refractivity contribution in [3.8, 4) is 0 Å². The molecule has 2 N–H and O–H groups in total. The summed E-state index contributed by atoms with van der Waals surface area (Å²) in [5.74, 6) is 2.91. The summed E-state index contributed by atoms with van der Waals surface area (Å²) in [5, 5.41) is 18.1. The first-order chi connectivity index (χ1) is 10.5. The lowest BCUT2D eigenvalue weighted by atomic mass is 10.1. The molecule has 0 saturated heterocycles. The van der Waals surface area contributed by atoms with E-state index in [0.717, 1.165) is 31.0 Å². The fraction of sp³-hybridized carbons (Fsp3) is 0.571. The molecule has 2 unspecified atom stereocenters. The Bertz CT molecular complexity index is 677. The van der Waals surface area contributed by atoms with Gasteiger partial charge in [-0.15, -0.1) is 10.2 Å². The van der Waals surface area contributed by atoms with Gasteiger partial charge in [0.15, 0.2) is 5.82 Å². The van der Waals surface area contributed by atoms with Crippen molar-refractivity contribution in [2.75, 3.05) is 5.32 Å². The van der Waals surface area contributed by atoms with Gasteiger partial charge in [-0.3, -0.25) is 4.79 Å². The van der Waals surface area contributed by atoms with Gasteiger partial charge in [0.1, 0.15) is 17.4 Å². The number of aryl methyl sites for hydroxylation is 3. The number of carbonyl (C=O) groups excluding carboxylic acids is 1. The zero-order valence-corrected chi connectivity index (χ0v) is 13.0. The molecule has 2 atom stereocenters. The monoisotopic (exact) mass is 304 g/mol. The zero-order chi connectivity index (χ0) is 15.7. The Morgan fingerprint density at radius 3 is 3.00 bits per heavy atom. The summed E-state index contributed by atoms with van der Waals surface area (Å²) in [6.45, 7) is 6.36. The number of rotatable bonds is 4. The smallest absolute Gasteiger partial charge is 0.242 e. The van der Waals surface area contributed by atoms with Crippen molar-refractivity contribution in [1.82, 2.24) is 25.2 Å². The maximum absolute atomic E-state index is 12.2. The number of hydrogen-bond acceptors (Lipinski definition) is 6. The summed E-state index contributed by atoms with van der Waals surface area (Å²) < 4.78 is 7.04. The van der Waals surface area contributed by atoms with Crippen LogP contribution >= 0.6 is 0 Å². The second kappa shape index (κ2) is 5.88. The SMILES string of the molecule is Cc1cc(NC(=O)C(C)NC2CCc3nnc(C)n3C2)no1. The Balaban J connectivity index is 1.57. The van der Waals surface area contributed by atoms with Crippen LogP contribution in [0.1, 0.15) is 30.8 Å². The predicted octanol–water partition coefficient (Wildman–Crippen LogP) is 0.815. The summed E-state index contributed by atoms with van der Waals surface area (Å²) in [7, 11) is 0. The standard InChI is InChI=1S/C14H20N6O2/c1-8-6-12(19-22-8)16-14(21)9(2)15-11-4-5-13-18-17-10(3)20(13)7-11/h6,9,11,15H,4-5,7H2,1-3H3,(H,16,19,21). The van der Waals surface area contributed by atoms with Crippen molar-refractivity contribution >= 4 is 11.7 Å². The molecule has 0 bridgehead atoms. The minimum atomic E-state index is -0.319. The van der Waals surface area contributed by atoms with Crippen molar-refractivity contribution in [3.05, 3.63) is 23.5 Å². The van der Waals surface area contributed by atoms with Crippen LogP contribution in [-0.4, -0.2) is 37.9 Å². The van der Waals surface area contributed by atoms with Crippen molar-refractivity contribution in [2.45, 2.75) is 52.2 Å². The van der Waals surface area contributed by atoms with Crippen LogP contribution in [0.2, 0.25) is 0 Å². The molecule has 118 valence electrons. The number of hydrogen-bond donors (Lipinski definition) is 2. The van der Waals surface area contributed by atoms with Crippen LogP contribution in [0.15, 0.2) is 10.6 Å². The number of nitrogens with one attached hydrogen (secondary N) is 2. The van der Waals surface area contributed by atoms with Crippen LogP contribution in [0.4, 0.5) is 5.82 Å². The van der Waals surface area contributed by atoms with Crippen LogP contribution in [0, 0.1) is 13.8 Å². The molecule has 0 aliphatic carbocycles.